The average Bonchev–Trinajstić information content (AvgIpc) is 3.03. The molecular weight excluding hydrogens is 300 g/mol. The van der Waals surface area contributed by atoms with Gasteiger partial charge < -0.3 is 15.1 Å². The zero-order chi connectivity index (χ0) is 16.1. The first kappa shape index (κ1) is 16.9. The van der Waals surface area contributed by atoms with Crippen molar-refractivity contribution in [1.29, 1.82) is 0 Å². The summed E-state index contributed by atoms with van der Waals surface area (Å²) >= 11 is 1.57. The van der Waals surface area contributed by atoms with Crippen LogP contribution in [0.2, 0.25) is 0 Å². The zero-order valence-corrected chi connectivity index (χ0v) is 14.3. The molecule has 0 saturated carbocycles. The molecule has 22 heavy (non-hydrogen) atoms. The van der Waals surface area contributed by atoms with Crippen LogP contribution in [0, 0.1) is 12.8 Å². The minimum absolute atomic E-state index is 0.0471. The fraction of sp³-hybridized carbons (Fsp3) is 0.667. The maximum atomic E-state index is 12.2. The summed E-state index contributed by atoms with van der Waals surface area (Å²) in [5, 5.41) is 5.83. The molecule has 2 amide bonds. The van der Waals surface area contributed by atoms with Gasteiger partial charge in [0.2, 0.25) is 11.8 Å². The van der Waals surface area contributed by atoms with Crippen LogP contribution in [0.15, 0.2) is 5.38 Å². The van der Waals surface area contributed by atoms with E-state index in [1.807, 2.05) is 26.4 Å². The molecule has 0 aliphatic carbocycles. The summed E-state index contributed by atoms with van der Waals surface area (Å²) in [5.74, 6) is -0.191. The van der Waals surface area contributed by atoms with E-state index in [1.54, 1.807) is 16.2 Å². The number of likely N-dealkylation sites (tertiary alicyclic amines) is 1. The summed E-state index contributed by atoms with van der Waals surface area (Å²) < 4.78 is 0. The molecule has 0 spiro atoms. The van der Waals surface area contributed by atoms with Gasteiger partial charge in [-0.05, 0) is 34.0 Å². The molecule has 1 fully saturated rings. The summed E-state index contributed by atoms with van der Waals surface area (Å²) in [5.41, 5.74) is 0.878. The number of nitrogens with one attached hydrogen (secondary N) is 1. The Labute approximate surface area is 135 Å². The Bertz CT molecular complexity index is 529. The smallest absolute Gasteiger partial charge is 0.225 e. The number of thiazole rings is 1. The Morgan fingerprint density at radius 2 is 2.32 bits per heavy atom. The molecule has 1 N–H and O–H groups in total. The Balaban J connectivity index is 1.75. The summed E-state index contributed by atoms with van der Waals surface area (Å²) in [6.45, 7) is 4.59. The normalized spacial score (nSPS) is 18.3. The molecule has 6 nitrogen and oxygen atoms in total. The number of hydrogen-bond acceptors (Lipinski definition) is 5. The highest BCUT2D eigenvalue weighted by atomic mass is 32.1. The van der Waals surface area contributed by atoms with Crippen LogP contribution >= 0.6 is 11.3 Å². The van der Waals surface area contributed by atoms with Gasteiger partial charge in [-0.2, -0.15) is 0 Å². The second-order valence-corrected chi connectivity index (χ2v) is 7.04. The van der Waals surface area contributed by atoms with Crippen molar-refractivity contribution in [3.8, 4) is 0 Å². The van der Waals surface area contributed by atoms with Crippen LogP contribution in [-0.2, 0) is 16.1 Å². The van der Waals surface area contributed by atoms with Gasteiger partial charge in [0.1, 0.15) is 0 Å². The Morgan fingerprint density at radius 1 is 1.55 bits per heavy atom. The lowest BCUT2D eigenvalue weighted by Crippen LogP contribution is -2.33. The maximum absolute atomic E-state index is 12.2. The van der Waals surface area contributed by atoms with Crippen LogP contribution in [0.25, 0.3) is 0 Å². The van der Waals surface area contributed by atoms with E-state index in [9.17, 15) is 9.59 Å². The van der Waals surface area contributed by atoms with E-state index in [2.05, 4.69) is 15.2 Å². The number of hydrogen-bond donors (Lipinski definition) is 1. The predicted octanol–water partition coefficient (Wildman–Crippen LogP) is 0.868. The Kier molecular flexibility index (Phi) is 5.90. The number of carbonyl (C=O) groups is 2. The number of aryl methyl sites for hydroxylation is 1. The van der Waals surface area contributed by atoms with E-state index in [1.165, 1.54) is 0 Å². The number of carbonyl (C=O) groups excluding carboxylic acids is 2. The van der Waals surface area contributed by atoms with E-state index >= 15 is 0 Å². The van der Waals surface area contributed by atoms with Crippen molar-refractivity contribution in [2.45, 2.75) is 26.3 Å². The molecule has 1 atom stereocenters. The SMILES string of the molecule is Cc1nc(CNC(=O)C2CC(=O)N(CCCN(C)C)C2)cs1. The first-order valence-corrected chi connectivity index (χ1v) is 8.45. The van der Waals surface area contributed by atoms with Crippen molar-refractivity contribution in [2.75, 3.05) is 33.7 Å². The van der Waals surface area contributed by atoms with Crippen LogP contribution in [-0.4, -0.2) is 60.3 Å². The molecule has 0 radical (unpaired) electrons. The van der Waals surface area contributed by atoms with E-state index in [-0.39, 0.29) is 17.7 Å². The zero-order valence-electron chi connectivity index (χ0n) is 13.5. The molecule has 1 saturated heterocycles. The molecule has 122 valence electrons. The van der Waals surface area contributed by atoms with Crippen molar-refractivity contribution in [1.82, 2.24) is 20.1 Å². The van der Waals surface area contributed by atoms with Gasteiger partial charge in [0, 0.05) is 24.9 Å². The average molecular weight is 324 g/mol. The highest BCUT2D eigenvalue weighted by Gasteiger charge is 2.33. The molecule has 1 aromatic rings. The fourth-order valence-corrected chi connectivity index (χ4v) is 3.17. The quantitative estimate of drug-likeness (QED) is 0.808. The summed E-state index contributed by atoms with van der Waals surface area (Å²) in [7, 11) is 4.03. The third-order valence-corrected chi connectivity index (χ3v) is 4.55. The molecule has 2 rings (SSSR count). The van der Waals surface area contributed by atoms with E-state index in [4.69, 9.17) is 0 Å². The van der Waals surface area contributed by atoms with Crippen molar-refractivity contribution in [3.63, 3.8) is 0 Å². The highest BCUT2D eigenvalue weighted by molar-refractivity contribution is 7.09. The predicted molar refractivity (Wildman–Crippen MR) is 86.6 cm³/mol. The van der Waals surface area contributed by atoms with Crippen LogP contribution in [0.3, 0.4) is 0 Å². The monoisotopic (exact) mass is 324 g/mol. The molecule has 1 unspecified atom stereocenters. The van der Waals surface area contributed by atoms with Crippen molar-refractivity contribution >= 4 is 23.2 Å². The van der Waals surface area contributed by atoms with Crippen molar-refractivity contribution in [2.24, 2.45) is 5.92 Å². The molecular formula is C15H24N4O2S. The lowest BCUT2D eigenvalue weighted by atomic mass is 10.1. The Morgan fingerprint density at radius 3 is 2.95 bits per heavy atom. The van der Waals surface area contributed by atoms with E-state index in [0.717, 1.165) is 30.2 Å². The third-order valence-electron chi connectivity index (χ3n) is 3.73. The fourth-order valence-electron chi connectivity index (χ4n) is 2.55. The van der Waals surface area contributed by atoms with Gasteiger partial charge >= 0.3 is 0 Å². The number of amides is 2. The van der Waals surface area contributed by atoms with Crippen LogP contribution in [0.4, 0.5) is 0 Å². The van der Waals surface area contributed by atoms with Crippen molar-refractivity contribution < 1.29 is 9.59 Å². The lowest BCUT2D eigenvalue weighted by molar-refractivity contribution is -0.129. The molecule has 1 aliphatic rings. The van der Waals surface area contributed by atoms with Crippen LogP contribution < -0.4 is 5.32 Å². The van der Waals surface area contributed by atoms with Gasteiger partial charge in [-0.15, -0.1) is 11.3 Å². The topological polar surface area (TPSA) is 65.5 Å². The summed E-state index contributed by atoms with van der Waals surface area (Å²) in [4.78, 5) is 32.4. The van der Waals surface area contributed by atoms with E-state index in [0.29, 0.717) is 19.5 Å². The van der Waals surface area contributed by atoms with Gasteiger partial charge in [0.05, 0.1) is 23.2 Å². The Hall–Kier alpha value is -1.47. The van der Waals surface area contributed by atoms with E-state index < -0.39 is 0 Å². The largest absolute Gasteiger partial charge is 0.350 e. The molecule has 1 aliphatic heterocycles. The first-order chi connectivity index (χ1) is 10.5. The van der Waals surface area contributed by atoms with Gasteiger partial charge in [0.25, 0.3) is 0 Å². The summed E-state index contributed by atoms with van der Waals surface area (Å²) in [6, 6.07) is 0. The number of rotatable bonds is 7. The second kappa shape index (κ2) is 7.69. The molecule has 2 heterocycles. The molecule has 0 bridgehead atoms. The third kappa shape index (κ3) is 4.78. The van der Waals surface area contributed by atoms with Gasteiger partial charge in [-0.3, -0.25) is 9.59 Å². The maximum Gasteiger partial charge on any atom is 0.225 e. The minimum atomic E-state index is -0.230. The summed E-state index contributed by atoms with van der Waals surface area (Å²) in [6.07, 6.45) is 1.26. The lowest BCUT2D eigenvalue weighted by Gasteiger charge is -2.18. The second-order valence-electron chi connectivity index (χ2n) is 5.97. The standard InChI is InChI=1S/C15H24N4O2S/c1-11-17-13(10-22-11)8-16-15(21)12-7-14(20)19(9-12)6-4-5-18(2)3/h10,12H,4-9H2,1-3H3,(H,16,21). The van der Waals surface area contributed by atoms with Gasteiger partial charge in [-0.25, -0.2) is 4.98 Å². The van der Waals surface area contributed by atoms with Crippen LogP contribution in [0.5, 0.6) is 0 Å². The first-order valence-electron chi connectivity index (χ1n) is 7.57. The number of nitrogens with zero attached hydrogens (tertiary/aromatic N) is 3. The van der Waals surface area contributed by atoms with Gasteiger partial charge in [0.15, 0.2) is 0 Å². The molecule has 7 heteroatoms. The van der Waals surface area contributed by atoms with Crippen molar-refractivity contribution in [3.05, 3.63) is 16.1 Å². The molecule has 0 aromatic carbocycles. The van der Waals surface area contributed by atoms with Crippen LogP contribution in [0.1, 0.15) is 23.5 Å². The minimum Gasteiger partial charge on any atom is -0.350 e. The highest BCUT2D eigenvalue weighted by Crippen LogP contribution is 2.18. The van der Waals surface area contributed by atoms with Gasteiger partial charge in [-0.1, -0.05) is 0 Å². The molecule has 1 aromatic heterocycles. The number of aromatic nitrogens is 1.